The van der Waals surface area contributed by atoms with Crippen molar-refractivity contribution < 1.29 is 4.42 Å². The van der Waals surface area contributed by atoms with Crippen molar-refractivity contribution in [2.45, 2.75) is 0 Å². The summed E-state index contributed by atoms with van der Waals surface area (Å²) in [5.74, 6) is 0. The number of hydrogen-bond donors (Lipinski definition) is 0. The Morgan fingerprint density at radius 3 is 2.64 bits per heavy atom. The maximum atomic E-state index is 7.30. The van der Waals surface area contributed by atoms with E-state index in [0.29, 0.717) is 5.69 Å². The first-order valence-electron chi connectivity index (χ1n) is 8.93. The fraction of sp³-hybridized carbons (Fsp3) is 0. The molecule has 0 unspecified atom stereocenters. The third-order valence-corrected chi connectivity index (χ3v) is 6.17. The second kappa shape index (κ2) is 5.66. The molecule has 6 rings (SSSR count). The molecule has 0 radical (unpaired) electrons. The Morgan fingerprint density at radius 2 is 1.75 bits per heavy atom. The van der Waals surface area contributed by atoms with Gasteiger partial charge in [0.05, 0.1) is 16.8 Å². The van der Waals surface area contributed by atoms with Crippen LogP contribution in [0.25, 0.3) is 58.3 Å². The smallest absolute Gasteiger partial charge is 0.190 e. The topological polar surface area (TPSA) is 30.4 Å². The van der Waals surface area contributed by atoms with Gasteiger partial charge in [0.1, 0.15) is 16.2 Å². The molecule has 0 spiro atoms. The summed E-state index contributed by atoms with van der Waals surface area (Å²) in [7, 11) is 0. The number of aromatic nitrogens is 1. The van der Waals surface area contributed by atoms with E-state index < -0.39 is 0 Å². The van der Waals surface area contributed by atoms with Gasteiger partial charge in [-0.3, -0.25) is 0 Å². The van der Waals surface area contributed by atoms with Crippen LogP contribution in [-0.4, -0.2) is 4.98 Å². The molecule has 0 aliphatic heterocycles. The highest BCUT2D eigenvalue weighted by Gasteiger charge is 2.18. The SMILES string of the molecule is [C-]#[N+]c1ccc2c(c1)oc1c3ccccc3cc(-c3nc4ccccc4s3)c21. The summed E-state index contributed by atoms with van der Waals surface area (Å²) in [5, 5.41) is 5.25. The minimum Gasteiger partial charge on any atom is -0.457 e. The Balaban J connectivity index is 1.81. The van der Waals surface area contributed by atoms with Gasteiger partial charge in [-0.05, 0) is 29.7 Å². The van der Waals surface area contributed by atoms with Crippen LogP contribution >= 0.6 is 11.3 Å². The predicted octanol–water partition coefficient (Wildman–Crippen LogP) is 7.57. The van der Waals surface area contributed by atoms with E-state index in [9.17, 15) is 0 Å². The molecule has 0 bridgehead atoms. The normalized spacial score (nSPS) is 11.5. The van der Waals surface area contributed by atoms with E-state index in [1.54, 1.807) is 11.3 Å². The molecule has 3 nitrogen and oxygen atoms in total. The third kappa shape index (κ3) is 2.11. The minimum absolute atomic E-state index is 0.581. The summed E-state index contributed by atoms with van der Waals surface area (Å²) < 4.78 is 7.45. The molecule has 4 heteroatoms. The zero-order valence-electron chi connectivity index (χ0n) is 14.6. The third-order valence-electron chi connectivity index (χ3n) is 5.10. The number of furan rings is 1. The van der Waals surface area contributed by atoms with Gasteiger partial charge >= 0.3 is 0 Å². The van der Waals surface area contributed by atoms with E-state index in [2.05, 4.69) is 29.1 Å². The summed E-state index contributed by atoms with van der Waals surface area (Å²) in [4.78, 5) is 8.43. The van der Waals surface area contributed by atoms with E-state index in [0.717, 1.165) is 48.8 Å². The first-order valence-corrected chi connectivity index (χ1v) is 9.75. The summed E-state index contributed by atoms with van der Waals surface area (Å²) in [6.07, 6.45) is 0. The van der Waals surface area contributed by atoms with Gasteiger partial charge in [-0.15, -0.1) is 11.3 Å². The van der Waals surface area contributed by atoms with Crippen LogP contribution in [0.3, 0.4) is 0 Å². The number of thiazole rings is 1. The average Bonchev–Trinajstić information content (AvgIpc) is 3.34. The molecule has 0 fully saturated rings. The molecule has 2 aromatic heterocycles. The van der Waals surface area contributed by atoms with Crippen LogP contribution in [0.5, 0.6) is 0 Å². The van der Waals surface area contributed by atoms with Crippen LogP contribution < -0.4 is 0 Å². The Hall–Kier alpha value is -3.68. The molecular formula is C24H12N2OS. The fourth-order valence-corrected chi connectivity index (χ4v) is 4.81. The molecule has 0 saturated heterocycles. The molecule has 0 saturated carbocycles. The molecule has 130 valence electrons. The number of hydrogen-bond acceptors (Lipinski definition) is 3. The van der Waals surface area contributed by atoms with Gasteiger partial charge in [0, 0.05) is 21.7 Å². The van der Waals surface area contributed by atoms with E-state index in [4.69, 9.17) is 16.0 Å². The van der Waals surface area contributed by atoms with Crippen LogP contribution in [0, 0.1) is 6.57 Å². The maximum Gasteiger partial charge on any atom is 0.190 e. The van der Waals surface area contributed by atoms with E-state index in [1.165, 1.54) is 4.70 Å². The highest BCUT2D eigenvalue weighted by atomic mass is 32.1. The second-order valence-corrected chi connectivity index (χ2v) is 7.76. The molecule has 0 aliphatic carbocycles. The lowest BCUT2D eigenvalue weighted by atomic mass is 10.0. The highest BCUT2D eigenvalue weighted by Crippen LogP contribution is 2.43. The molecular weight excluding hydrogens is 364 g/mol. The number of nitrogens with zero attached hydrogens (tertiary/aromatic N) is 2. The molecule has 6 aromatic rings. The lowest BCUT2D eigenvalue weighted by molar-refractivity contribution is 0.673. The van der Waals surface area contributed by atoms with Crippen LogP contribution in [-0.2, 0) is 0 Å². The maximum absolute atomic E-state index is 7.30. The second-order valence-electron chi connectivity index (χ2n) is 6.73. The predicted molar refractivity (Wildman–Crippen MR) is 116 cm³/mol. The molecule has 0 amide bonds. The zero-order chi connectivity index (χ0) is 18.7. The van der Waals surface area contributed by atoms with Crippen molar-refractivity contribution in [3.05, 3.63) is 84.2 Å². The van der Waals surface area contributed by atoms with E-state index in [-0.39, 0.29) is 0 Å². The van der Waals surface area contributed by atoms with Crippen LogP contribution in [0.4, 0.5) is 5.69 Å². The summed E-state index contributed by atoms with van der Waals surface area (Å²) in [6.45, 7) is 7.30. The number of benzene rings is 4. The number of rotatable bonds is 1. The van der Waals surface area contributed by atoms with Crippen molar-refractivity contribution in [1.29, 1.82) is 0 Å². The molecule has 2 heterocycles. The van der Waals surface area contributed by atoms with Crippen LogP contribution in [0.15, 0.2) is 77.2 Å². The van der Waals surface area contributed by atoms with Crippen molar-refractivity contribution in [2.24, 2.45) is 0 Å². The Morgan fingerprint density at radius 1 is 0.893 bits per heavy atom. The lowest BCUT2D eigenvalue weighted by Gasteiger charge is -2.04. The average molecular weight is 376 g/mol. The van der Waals surface area contributed by atoms with E-state index >= 15 is 0 Å². The van der Waals surface area contributed by atoms with Crippen LogP contribution in [0.1, 0.15) is 0 Å². The monoisotopic (exact) mass is 376 g/mol. The van der Waals surface area contributed by atoms with Gasteiger partial charge in [0.2, 0.25) is 0 Å². The zero-order valence-corrected chi connectivity index (χ0v) is 15.5. The quantitative estimate of drug-likeness (QED) is 0.277. The summed E-state index contributed by atoms with van der Waals surface area (Å²) >= 11 is 1.69. The van der Waals surface area contributed by atoms with Gasteiger partial charge in [-0.25, -0.2) is 9.83 Å². The highest BCUT2D eigenvalue weighted by molar-refractivity contribution is 7.21. The summed E-state index contributed by atoms with van der Waals surface area (Å²) in [6, 6.07) is 24.3. The first kappa shape index (κ1) is 15.4. The first-order chi connectivity index (χ1) is 13.8. The number of fused-ring (bicyclic) bond motifs is 6. The number of para-hydroxylation sites is 1. The lowest BCUT2D eigenvalue weighted by Crippen LogP contribution is -1.81. The summed E-state index contributed by atoms with van der Waals surface area (Å²) in [5.41, 5.74) is 4.25. The van der Waals surface area contributed by atoms with Crippen molar-refractivity contribution >= 4 is 60.0 Å². The fourth-order valence-electron chi connectivity index (χ4n) is 3.83. The van der Waals surface area contributed by atoms with Gasteiger partial charge in [0.15, 0.2) is 5.69 Å². The van der Waals surface area contributed by atoms with Crippen molar-refractivity contribution in [3.8, 4) is 10.6 Å². The molecule has 0 N–H and O–H groups in total. The standard InChI is InChI=1S/C24H12N2OS/c1-25-15-10-11-17-20(13-15)27-23-16-7-3-2-6-14(16)12-18(22(17)23)24-26-19-8-4-5-9-21(19)28-24/h2-13H. The molecule has 0 aliphatic rings. The van der Waals surface area contributed by atoms with Gasteiger partial charge in [-0.2, -0.15) is 0 Å². The molecule has 4 aromatic carbocycles. The molecule has 28 heavy (non-hydrogen) atoms. The minimum atomic E-state index is 0.581. The van der Waals surface area contributed by atoms with Crippen molar-refractivity contribution in [1.82, 2.24) is 4.98 Å². The Bertz CT molecular complexity index is 1550. The van der Waals surface area contributed by atoms with Gasteiger partial charge in [0.25, 0.3) is 0 Å². The van der Waals surface area contributed by atoms with Crippen molar-refractivity contribution in [3.63, 3.8) is 0 Å². The Kier molecular flexibility index (Phi) is 3.11. The van der Waals surface area contributed by atoms with Gasteiger partial charge in [-0.1, -0.05) is 48.5 Å². The van der Waals surface area contributed by atoms with Gasteiger partial charge < -0.3 is 4.42 Å². The largest absolute Gasteiger partial charge is 0.457 e. The Labute approximate surface area is 164 Å². The van der Waals surface area contributed by atoms with Crippen molar-refractivity contribution in [2.75, 3.05) is 0 Å². The van der Waals surface area contributed by atoms with E-state index in [1.807, 2.05) is 48.5 Å². The van der Waals surface area contributed by atoms with Crippen LogP contribution in [0.2, 0.25) is 0 Å². The molecule has 0 atom stereocenters.